The van der Waals surface area contributed by atoms with Crippen molar-refractivity contribution < 1.29 is 9.59 Å². The van der Waals surface area contributed by atoms with Gasteiger partial charge in [-0.15, -0.1) is 0 Å². The van der Waals surface area contributed by atoms with E-state index in [1.807, 2.05) is 26.0 Å². The maximum Gasteiger partial charge on any atom is 0.266 e. The van der Waals surface area contributed by atoms with Crippen LogP contribution in [0.25, 0.3) is 0 Å². The van der Waals surface area contributed by atoms with Crippen LogP contribution in [0.2, 0.25) is 0 Å². The van der Waals surface area contributed by atoms with Gasteiger partial charge in [-0.1, -0.05) is 31.2 Å². The zero-order chi connectivity index (χ0) is 18.0. The summed E-state index contributed by atoms with van der Waals surface area (Å²) >= 11 is 0. The zero-order valence-corrected chi connectivity index (χ0v) is 14.6. The Hall–Kier alpha value is -2.82. The Morgan fingerprint density at radius 1 is 1.16 bits per heavy atom. The molecule has 0 bridgehead atoms. The Balaban J connectivity index is 2.09. The van der Waals surface area contributed by atoms with Crippen LogP contribution >= 0.6 is 0 Å². The van der Waals surface area contributed by atoms with Crippen molar-refractivity contribution in [2.24, 2.45) is 4.99 Å². The van der Waals surface area contributed by atoms with Crippen molar-refractivity contribution in [2.75, 3.05) is 4.90 Å². The minimum absolute atomic E-state index is 0.257. The number of amides is 2. The fraction of sp³-hybridized carbons (Fsp3) is 0.300. The second-order valence-corrected chi connectivity index (χ2v) is 6.68. The number of aromatic nitrogens is 1. The molecule has 0 radical (unpaired) electrons. The van der Waals surface area contributed by atoms with Crippen molar-refractivity contribution in [3.8, 4) is 0 Å². The molecule has 0 aliphatic carbocycles. The molecule has 5 nitrogen and oxygen atoms in total. The molecule has 0 fully saturated rings. The summed E-state index contributed by atoms with van der Waals surface area (Å²) in [6, 6.07) is 12.4. The fourth-order valence-electron chi connectivity index (χ4n) is 2.67. The van der Waals surface area contributed by atoms with Crippen LogP contribution in [0.1, 0.15) is 49.0 Å². The van der Waals surface area contributed by atoms with E-state index in [-0.39, 0.29) is 17.4 Å². The fourth-order valence-corrected chi connectivity index (χ4v) is 2.67. The van der Waals surface area contributed by atoms with Gasteiger partial charge in [0.2, 0.25) is 5.91 Å². The summed E-state index contributed by atoms with van der Waals surface area (Å²) in [5, 5.41) is 0. The molecule has 25 heavy (non-hydrogen) atoms. The largest absolute Gasteiger partial charge is 0.290 e. The Morgan fingerprint density at radius 2 is 1.88 bits per heavy atom. The van der Waals surface area contributed by atoms with Crippen molar-refractivity contribution in [3.05, 3.63) is 59.8 Å². The number of hydrogen-bond donors (Lipinski definition) is 0. The van der Waals surface area contributed by atoms with Crippen LogP contribution in [0.5, 0.6) is 0 Å². The molecule has 0 N–H and O–H groups in total. The molecule has 0 saturated carbocycles. The van der Waals surface area contributed by atoms with E-state index in [4.69, 9.17) is 0 Å². The summed E-state index contributed by atoms with van der Waals surface area (Å²) in [5.74, 6) is -0.932. The molecular formula is C20H21N3O2. The van der Waals surface area contributed by atoms with Crippen molar-refractivity contribution in [1.82, 2.24) is 4.98 Å². The van der Waals surface area contributed by atoms with Gasteiger partial charge in [-0.05, 0) is 44.0 Å². The number of pyridine rings is 1. The molecule has 0 saturated heterocycles. The molecule has 128 valence electrons. The predicted octanol–water partition coefficient (Wildman–Crippen LogP) is 3.61. The van der Waals surface area contributed by atoms with Gasteiger partial charge in [0.1, 0.15) is 5.82 Å². The van der Waals surface area contributed by atoms with Gasteiger partial charge in [0.15, 0.2) is 0 Å². The molecule has 1 unspecified atom stereocenters. The first kappa shape index (κ1) is 17.0. The second-order valence-electron chi connectivity index (χ2n) is 6.68. The third-order valence-corrected chi connectivity index (χ3v) is 4.53. The van der Waals surface area contributed by atoms with Gasteiger partial charge in [-0.25, -0.2) is 9.88 Å². The van der Waals surface area contributed by atoms with Crippen LogP contribution in [-0.2, 0) is 4.79 Å². The average molecular weight is 335 g/mol. The first-order valence-corrected chi connectivity index (χ1v) is 8.38. The van der Waals surface area contributed by atoms with E-state index in [2.05, 4.69) is 16.9 Å². The number of imide groups is 1. The van der Waals surface area contributed by atoms with E-state index in [1.165, 1.54) is 0 Å². The van der Waals surface area contributed by atoms with Crippen LogP contribution in [0, 0.1) is 0 Å². The summed E-state index contributed by atoms with van der Waals surface area (Å²) < 4.78 is 0. The van der Waals surface area contributed by atoms with Gasteiger partial charge in [0.05, 0.1) is 11.5 Å². The highest BCUT2D eigenvalue weighted by atomic mass is 16.2. The molecule has 1 aliphatic rings. The standard InChI is InChI=1S/C20H21N3O2/c1-4-20(2,3)22-13-16-14-9-5-6-10-15(14)18(24)23(19(16)25)17-11-7-8-12-21-17/h5-13,16H,4H2,1-3H3. The SMILES string of the molecule is CCC(C)(C)N=CC1C(=O)N(c2ccccn2)C(=O)c2ccccc21. The molecule has 1 aromatic carbocycles. The highest BCUT2D eigenvalue weighted by molar-refractivity contribution is 6.28. The third kappa shape index (κ3) is 3.22. The van der Waals surface area contributed by atoms with Crippen LogP contribution in [-0.4, -0.2) is 28.6 Å². The summed E-state index contributed by atoms with van der Waals surface area (Å²) in [6.45, 7) is 6.09. The number of carbonyl (C=O) groups excluding carboxylic acids is 2. The molecular weight excluding hydrogens is 314 g/mol. The number of carbonyl (C=O) groups is 2. The van der Waals surface area contributed by atoms with Crippen molar-refractivity contribution in [1.29, 1.82) is 0 Å². The molecule has 1 aliphatic heterocycles. The Kier molecular flexibility index (Phi) is 4.49. The van der Waals surface area contributed by atoms with Gasteiger partial charge in [-0.3, -0.25) is 14.6 Å². The molecule has 2 amide bonds. The normalized spacial score (nSPS) is 17.9. The maximum absolute atomic E-state index is 13.1. The molecule has 2 aromatic rings. The molecule has 3 rings (SSSR count). The molecule has 1 atom stereocenters. The lowest BCUT2D eigenvalue weighted by Gasteiger charge is -2.30. The van der Waals surface area contributed by atoms with Crippen molar-refractivity contribution >= 4 is 23.8 Å². The lowest BCUT2D eigenvalue weighted by atomic mass is 9.89. The van der Waals surface area contributed by atoms with Crippen molar-refractivity contribution in [2.45, 2.75) is 38.6 Å². The Bertz CT molecular complexity index is 828. The van der Waals surface area contributed by atoms with Gasteiger partial charge in [0, 0.05) is 18.0 Å². The molecule has 1 aromatic heterocycles. The lowest BCUT2D eigenvalue weighted by Crippen LogP contribution is -2.46. The number of anilines is 1. The van der Waals surface area contributed by atoms with Crippen molar-refractivity contribution in [3.63, 3.8) is 0 Å². The molecule has 2 heterocycles. The van der Waals surface area contributed by atoms with E-state index in [1.54, 1.807) is 42.7 Å². The lowest BCUT2D eigenvalue weighted by molar-refractivity contribution is -0.118. The van der Waals surface area contributed by atoms with E-state index < -0.39 is 5.92 Å². The van der Waals surface area contributed by atoms with Crippen LogP contribution in [0.4, 0.5) is 5.82 Å². The predicted molar refractivity (Wildman–Crippen MR) is 98.1 cm³/mol. The molecule has 0 spiro atoms. The van der Waals surface area contributed by atoms with E-state index in [0.717, 1.165) is 11.3 Å². The van der Waals surface area contributed by atoms with Gasteiger partial charge in [-0.2, -0.15) is 0 Å². The summed E-state index contributed by atoms with van der Waals surface area (Å²) in [7, 11) is 0. The number of hydrogen-bond acceptors (Lipinski definition) is 4. The Labute approximate surface area is 147 Å². The smallest absolute Gasteiger partial charge is 0.266 e. The summed E-state index contributed by atoms with van der Waals surface area (Å²) in [6.07, 6.45) is 4.10. The zero-order valence-electron chi connectivity index (χ0n) is 14.6. The first-order chi connectivity index (χ1) is 11.9. The summed E-state index contributed by atoms with van der Waals surface area (Å²) in [5.41, 5.74) is 0.950. The quantitative estimate of drug-likeness (QED) is 0.633. The topological polar surface area (TPSA) is 62.6 Å². The van der Waals surface area contributed by atoms with Gasteiger partial charge >= 0.3 is 0 Å². The van der Waals surface area contributed by atoms with Crippen LogP contribution in [0.3, 0.4) is 0 Å². The Morgan fingerprint density at radius 3 is 2.56 bits per heavy atom. The third-order valence-electron chi connectivity index (χ3n) is 4.53. The maximum atomic E-state index is 13.1. The monoisotopic (exact) mass is 335 g/mol. The van der Waals surface area contributed by atoms with Gasteiger partial charge in [0.25, 0.3) is 5.91 Å². The number of nitrogens with zero attached hydrogens (tertiary/aromatic N) is 3. The number of aliphatic imine (C=N–C) groups is 1. The highest BCUT2D eigenvalue weighted by Crippen LogP contribution is 2.31. The second kappa shape index (κ2) is 6.59. The summed E-state index contributed by atoms with van der Waals surface area (Å²) in [4.78, 5) is 35.9. The average Bonchev–Trinajstić information content (AvgIpc) is 2.62. The van der Waals surface area contributed by atoms with E-state index in [0.29, 0.717) is 16.9 Å². The highest BCUT2D eigenvalue weighted by Gasteiger charge is 2.39. The first-order valence-electron chi connectivity index (χ1n) is 8.38. The minimum Gasteiger partial charge on any atom is -0.290 e. The van der Waals surface area contributed by atoms with Crippen LogP contribution in [0.15, 0.2) is 53.7 Å². The number of fused-ring (bicyclic) bond motifs is 1. The molecule has 5 heteroatoms. The number of rotatable bonds is 4. The van der Waals surface area contributed by atoms with Gasteiger partial charge < -0.3 is 0 Å². The van der Waals surface area contributed by atoms with E-state index >= 15 is 0 Å². The van der Waals surface area contributed by atoms with E-state index in [9.17, 15) is 9.59 Å². The number of benzene rings is 1. The van der Waals surface area contributed by atoms with Crippen LogP contribution < -0.4 is 4.90 Å². The minimum atomic E-state index is -0.596.